The van der Waals surface area contributed by atoms with Gasteiger partial charge >= 0.3 is 0 Å². The average Bonchev–Trinajstić information content (AvgIpc) is 2.79. The average molecular weight is 454 g/mol. The number of ether oxygens (including phenoxy) is 2. The second-order valence-electron chi connectivity index (χ2n) is 7.06. The Labute approximate surface area is 191 Å². The van der Waals surface area contributed by atoms with E-state index in [1.165, 1.54) is 7.11 Å². The maximum atomic E-state index is 13.2. The molecular weight excluding hydrogens is 430 g/mol. The minimum Gasteiger partial charge on any atom is -0.493 e. The molecular formula is C24H24ClN3O4. The van der Waals surface area contributed by atoms with Crippen molar-refractivity contribution >= 4 is 34.8 Å². The Morgan fingerprint density at radius 1 is 1.00 bits per heavy atom. The van der Waals surface area contributed by atoms with Gasteiger partial charge in [0.05, 0.1) is 7.11 Å². The quantitative estimate of drug-likeness (QED) is 0.448. The van der Waals surface area contributed by atoms with Crippen molar-refractivity contribution in [3.05, 3.63) is 82.9 Å². The van der Waals surface area contributed by atoms with E-state index in [2.05, 4.69) is 10.6 Å². The van der Waals surface area contributed by atoms with Crippen LogP contribution in [0.15, 0.2) is 66.7 Å². The Hall–Kier alpha value is -3.71. The zero-order valence-corrected chi connectivity index (χ0v) is 18.5. The van der Waals surface area contributed by atoms with Crippen molar-refractivity contribution in [2.75, 3.05) is 24.4 Å². The van der Waals surface area contributed by atoms with Crippen molar-refractivity contribution in [3.8, 4) is 11.5 Å². The molecule has 7 nitrogen and oxygen atoms in total. The standard InChI is InChI=1S/C24H24ClN3O4/c1-15-8-9-17(12-19(15)25)28-24(30)23(16-6-4-3-5-7-16)27-18-10-11-20(31-2)21(13-18)32-14-22(26)29/h3-13,23,27H,14H2,1-2H3,(H2,26,29)(H,28,30). The van der Waals surface area contributed by atoms with Crippen molar-refractivity contribution in [1.82, 2.24) is 0 Å². The number of amides is 2. The van der Waals surface area contributed by atoms with Gasteiger partial charge in [-0.3, -0.25) is 9.59 Å². The van der Waals surface area contributed by atoms with Crippen LogP contribution >= 0.6 is 11.6 Å². The molecule has 0 radical (unpaired) electrons. The van der Waals surface area contributed by atoms with Crippen molar-refractivity contribution in [2.45, 2.75) is 13.0 Å². The number of hydrogen-bond acceptors (Lipinski definition) is 5. The maximum Gasteiger partial charge on any atom is 0.255 e. The Morgan fingerprint density at radius 2 is 1.72 bits per heavy atom. The fourth-order valence-electron chi connectivity index (χ4n) is 3.03. The summed E-state index contributed by atoms with van der Waals surface area (Å²) in [5.41, 5.74) is 8.04. The number of carbonyl (C=O) groups is 2. The molecule has 0 aromatic heterocycles. The molecule has 1 unspecified atom stereocenters. The van der Waals surface area contributed by atoms with Gasteiger partial charge in [0, 0.05) is 22.5 Å². The Morgan fingerprint density at radius 3 is 2.38 bits per heavy atom. The molecule has 8 heteroatoms. The topological polar surface area (TPSA) is 103 Å². The molecule has 4 N–H and O–H groups in total. The molecule has 3 aromatic rings. The van der Waals surface area contributed by atoms with E-state index in [1.54, 1.807) is 30.3 Å². The van der Waals surface area contributed by atoms with Gasteiger partial charge in [-0.15, -0.1) is 0 Å². The predicted octanol–water partition coefficient (Wildman–Crippen LogP) is 4.31. The van der Waals surface area contributed by atoms with Crippen molar-refractivity contribution in [2.24, 2.45) is 5.73 Å². The van der Waals surface area contributed by atoms with Gasteiger partial charge in [0.25, 0.3) is 11.8 Å². The fourth-order valence-corrected chi connectivity index (χ4v) is 3.21. The van der Waals surface area contributed by atoms with Gasteiger partial charge in [0.15, 0.2) is 18.1 Å². The highest BCUT2D eigenvalue weighted by Gasteiger charge is 2.21. The smallest absolute Gasteiger partial charge is 0.255 e. The highest BCUT2D eigenvalue weighted by atomic mass is 35.5. The van der Waals surface area contributed by atoms with Gasteiger partial charge < -0.3 is 25.8 Å². The lowest BCUT2D eigenvalue weighted by atomic mass is 10.1. The number of hydrogen-bond donors (Lipinski definition) is 3. The van der Waals surface area contributed by atoms with Crippen LogP contribution in [0.4, 0.5) is 11.4 Å². The summed E-state index contributed by atoms with van der Waals surface area (Å²) in [5.74, 6) is -0.115. The lowest BCUT2D eigenvalue weighted by molar-refractivity contribution is -0.120. The number of primary amides is 1. The number of aryl methyl sites for hydroxylation is 1. The summed E-state index contributed by atoms with van der Waals surface area (Å²) in [6, 6.07) is 19.0. The molecule has 0 spiro atoms. The van der Waals surface area contributed by atoms with E-state index >= 15 is 0 Å². The van der Waals surface area contributed by atoms with Crippen LogP contribution in [0.1, 0.15) is 17.2 Å². The van der Waals surface area contributed by atoms with Gasteiger partial charge in [-0.25, -0.2) is 0 Å². The number of benzene rings is 3. The van der Waals surface area contributed by atoms with Gasteiger partial charge in [-0.05, 0) is 42.3 Å². The van der Waals surface area contributed by atoms with Crippen LogP contribution < -0.4 is 25.8 Å². The third kappa shape index (κ3) is 5.92. The molecule has 0 bridgehead atoms. The first-order valence-corrected chi connectivity index (χ1v) is 10.2. The van der Waals surface area contributed by atoms with Crippen molar-refractivity contribution < 1.29 is 19.1 Å². The third-order valence-electron chi connectivity index (χ3n) is 4.68. The predicted molar refractivity (Wildman–Crippen MR) is 125 cm³/mol. The molecule has 3 rings (SSSR count). The summed E-state index contributed by atoms with van der Waals surface area (Å²) in [4.78, 5) is 24.3. The van der Waals surface area contributed by atoms with Crippen molar-refractivity contribution in [1.29, 1.82) is 0 Å². The van der Waals surface area contributed by atoms with Crippen LogP contribution in [0.5, 0.6) is 11.5 Å². The minimum absolute atomic E-state index is 0.272. The monoisotopic (exact) mass is 453 g/mol. The number of methoxy groups -OCH3 is 1. The Bertz CT molecular complexity index is 1110. The van der Waals surface area contributed by atoms with E-state index in [9.17, 15) is 9.59 Å². The molecule has 1 atom stereocenters. The first-order chi connectivity index (χ1) is 15.4. The summed E-state index contributed by atoms with van der Waals surface area (Å²) < 4.78 is 10.7. The molecule has 0 saturated carbocycles. The lowest BCUT2D eigenvalue weighted by Crippen LogP contribution is -2.27. The number of nitrogens with one attached hydrogen (secondary N) is 2. The second kappa shape index (κ2) is 10.5. The molecule has 0 aliphatic rings. The number of halogens is 1. The number of anilines is 2. The van der Waals surface area contributed by atoms with Gasteiger partial charge in [-0.2, -0.15) is 0 Å². The Balaban J connectivity index is 1.88. The molecule has 0 heterocycles. The summed E-state index contributed by atoms with van der Waals surface area (Å²) in [7, 11) is 1.49. The Kier molecular flexibility index (Phi) is 7.57. The molecule has 3 aromatic carbocycles. The van der Waals surface area contributed by atoms with Gasteiger partial charge in [-0.1, -0.05) is 48.0 Å². The first kappa shape index (κ1) is 23.0. The molecule has 166 valence electrons. The molecule has 0 aliphatic heterocycles. The summed E-state index contributed by atoms with van der Waals surface area (Å²) in [5, 5.41) is 6.69. The molecule has 32 heavy (non-hydrogen) atoms. The number of rotatable bonds is 9. The van der Waals surface area contributed by atoms with Gasteiger partial charge in [0.1, 0.15) is 6.04 Å². The number of nitrogens with two attached hydrogens (primary N) is 1. The fraction of sp³-hybridized carbons (Fsp3) is 0.167. The van der Waals surface area contributed by atoms with E-state index in [4.69, 9.17) is 26.8 Å². The second-order valence-corrected chi connectivity index (χ2v) is 7.47. The van der Waals surface area contributed by atoms with Crippen LogP contribution in [-0.4, -0.2) is 25.5 Å². The molecule has 2 amide bonds. The highest BCUT2D eigenvalue weighted by Crippen LogP contribution is 2.32. The number of carbonyl (C=O) groups excluding carboxylic acids is 2. The molecule has 0 fully saturated rings. The normalized spacial score (nSPS) is 11.3. The van der Waals surface area contributed by atoms with E-state index in [-0.39, 0.29) is 12.5 Å². The van der Waals surface area contributed by atoms with Crippen LogP contribution in [-0.2, 0) is 9.59 Å². The van der Waals surface area contributed by atoms with Crippen molar-refractivity contribution in [3.63, 3.8) is 0 Å². The summed E-state index contributed by atoms with van der Waals surface area (Å²) >= 11 is 6.20. The first-order valence-electron chi connectivity index (χ1n) is 9.85. The van der Waals surface area contributed by atoms with E-state index in [0.717, 1.165) is 11.1 Å². The van der Waals surface area contributed by atoms with E-state index in [1.807, 2.05) is 43.3 Å². The summed E-state index contributed by atoms with van der Waals surface area (Å²) in [6.07, 6.45) is 0. The van der Waals surface area contributed by atoms with Gasteiger partial charge in [0.2, 0.25) is 0 Å². The SMILES string of the molecule is COc1ccc(NC(C(=O)Nc2ccc(C)c(Cl)c2)c2ccccc2)cc1OCC(N)=O. The molecule has 0 saturated heterocycles. The van der Waals surface area contributed by atoms with Crippen LogP contribution in [0.2, 0.25) is 5.02 Å². The van der Waals surface area contributed by atoms with Crippen LogP contribution in [0.3, 0.4) is 0 Å². The minimum atomic E-state index is -0.714. The zero-order chi connectivity index (χ0) is 23.1. The van der Waals surface area contributed by atoms with E-state index < -0.39 is 11.9 Å². The van der Waals surface area contributed by atoms with Crippen LogP contribution in [0, 0.1) is 6.92 Å². The van der Waals surface area contributed by atoms with Crippen LogP contribution in [0.25, 0.3) is 0 Å². The maximum absolute atomic E-state index is 13.2. The molecule has 0 aliphatic carbocycles. The zero-order valence-electron chi connectivity index (χ0n) is 17.7. The van der Waals surface area contributed by atoms with E-state index in [0.29, 0.717) is 27.9 Å². The largest absolute Gasteiger partial charge is 0.493 e. The highest BCUT2D eigenvalue weighted by molar-refractivity contribution is 6.31. The summed E-state index contributed by atoms with van der Waals surface area (Å²) in [6.45, 7) is 1.60. The third-order valence-corrected chi connectivity index (χ3v) is 5.09. The lowest BCUT2D eigenvalue weighted by Gasteiger charge is -2.21.